The fourth-order valence-electron chi connectivity index (χ4n) is 2.71. The number of aromatic nitrogens is 2. The first-order chi connectivity index (χ1) is 11.1. The summed E-state index contributed by atoms with van der Waals surface area (Å²) in [4.78, 5) is 10.8. The van der Waals surface area contributed by atoms with Gasteiger partial charge in [-0.2, -0.15) is 4.98 Å². The molecule has 122 valence electrons. The molecule has 0 saturated carbocycles. The number of nitrogens with zero attached hydrogens (tertiary/aromatic N) is 4. The molecule has 1 aromatic carbocycles. The van der Waals surface area contributed by atoms with E-state index < -0.39 is 0 Å². The first-order valence-corrected chi connectivity index (χ1v) is 8.13. The maximum Gasteiger partial charge on any atom is 0.248 e. The lowest BCUT2D eigenvalue weighted by molar-refractivity contribution is 0.270. The van der Waals surface area contributed by atoms with Gasteiger partial charge in [-0.1, -0.05) is 35.8 Å². The van der Waals surface area contributed by atoms with Crippen LogP contribution in [0.4, 0.5) is 0 Å². The first-order valence-electron chi connectivity index (χ1n) is 7.75. The quantitative estimate of drug-likeness (QED) is 0.690. The molecule has 0 amide bonds. The largest absolute Gasteiger partial charge is 0.370 e. The Kier molecular flexibility index (Phi) is 4.81. The van der Waals surface area contributed by atoms with Crippen LogP contribution in [-0.2, 0) is 6.54 Å². The van der Waals surface area contributed by atoms with E-state index in [9.17, 15) is 0 Å². The number of nitrogens with two attached hydrogens (primary N) is 1. The van der Waals surface area contributed by atoms with Crippen molar-refractivity contribution in [2.24, 2.45) is 16.6 Å². The van der Waals surface area contributed by atoms with Crippen LogP contribution in [0.2, 0.25) is 5.02 Å². The van der Waals surface area contributed by atoms with E-state index in [0.29, 0.717) is 28.6 Å². The summed E-state index contributed by atoms with van der Waals surface area (Å²) in [6, 6.07) is 7.33. The molecule has 7 heteroatoms. The van der Waals surface area contributed by atoms with Gasteiger partial charge in [0.15, 0.2) is 5.96 Å². The number of guanidine groups is 1. The van der Waals surface area contributed by atoms with Crippen molar-refractivity contribution in [3.05, 3.63) is 35.2 Å². The Balaban J connectivity index is 1.66. The molecule has 1 aliphatic heterocycles. The van der Waals surface area contributed by atoms with Crippen LogP contribution in [0.5, 0.6) is 0 Å². The number of aliphatic imine (C=N–C) groups is 1. The van der Waals surface area contributed by atoms with Crippen molar-refractivity contribution in [1.82, 2.24) is 15.0 Å². The lowest BCUT2D eigenvalue weighted by Gasteiger charge is -2.31. The minimum atomic E-state index is 0.282. The summed E-state index contributed by atoms with van der Waals surface area (Å²) in [5, 5.41) is 4.60. The number of halogens is 1. The Hall–Kier alpha value is -2.08. The van der Waals surface area contributed by atoms with Gasteiger partial charge in [0, 0.05) is 23.7 Å². The summed E-state index contributed by atoms with van der Waals surface area (Å²) >= 11 is 5.97. The van der Waals surface area contributed by atoms with Gasteiger partial charge in [-0.3, -0.25) is 0 Å². The number of hydrogen-bond acceptors (Lipinski definition) is 4. The molecule has 0 radical (unpaired) electrons. The Labute approximate surface area is 140 Å². The summed E-state index contributed by atoms with van der Waals surface area (Å²) in [7, 11) is 0. The van der Waals surface area contributed by atoms with Crippen LogP contribution in [0.15, 0.2) is 33.8 Å². The monoisotopic (exact) mass is 333 g/mol. The summed E-state index contributed by atoms with van der Waals surface area (Å²) in [6.07, 6.45) is 2.40. The lowest BCUT2D eigenvalue weighted by atomic mass is 10.0. The molecule has 1 saturated heterocycles. The van der Waals surface area contributed by atoms with Crippen molar-refractivity contribution in [2.75, 3.05) is 13.1 Å². The van der Waals surface area contributed by atoms with Crippen molar-refractivity contribution in [3.63, 3.8) is 0 Å². The second-order valence-corrected chi connectivity index (χ2v) is 6.33. The Morgan fingerprint density at radius 1 is 1.52 bits per heavy atom. The summed E-state index contributed by atoms with van der Waals surface area (Å²) in [5.41, 5.74) is 6.88. The third-order valence-electron chi connectivity index (χ3n) is 3.91. The summed E-state index contributed by atoms with van der Waals surface area (Å²) in [5.74, 6) is 2.13. The number of rotatable bonds is 3. The predicted octanol–water partition coefficient (Wildman–Crippen LogP) is 2.94. The van der Waals surface area contributed by atoms with E-state index in [1.54, 1.807) is 12.1 Å². The van der Waals surface area contributed by atoms with Crippen LogP contribution in [-0.4, -0.2) is 34.1 Å². The van der Waals surface area contributed by atoms with Crippen molar-refractivity contribution in [2.45, 2.75) is 26.3 Å². The highest BCUT2D eigenvalue weighted by atomic mass is 35.5. The van der Waals surface area contributed by atoms with Gasteiger partial charge in [0.05, 0.1) is 0 Å². The minimum absolute atomic E-state index is 0.282. The molecule has 2 N–H and O–H groups in total. The van der Waals surface area contributed by atoms with Gasteiger partial charge in [-0.15, -0.1) is 0 Å². The molecule has 1 aromatic heterocycles. The average Bonchev–Trinajstić information content (AvgIpc) is 3.01. The van der Waals surface area contributed by atoms with Gasteiger partial charge in [-0.25, -0.2) is 4.99 Å². The zero-order valence-corrected chi connectivity index (χ0v) is 13.8. The van der Waals surface area contributed by atoms with Gasteiger partial charge in [0.1, 0.15) is 6.54 Å². The van der Waals surface area contributed by atoms with Crippen molar-refractivity contribution < 1.29 is 4.52 Å². The van der Waals surface area contributed by atoms with Crippen LogP contribution < -0.4 is 5.73 Å². The Morgan fingerprint density at radius 2 is 2.39 bits per heavy atom. The zero-order valence-electron chi connectivity index (χ0n) is 13.1. The molecule has 2 aromatic rings. The second kappa shape index (κ2) is 7.00. The third kappa shape index (κ3) is 4.01. The smallest absolute Gasteiger partial charge is 0.248 e. The van der Waals surface area contributed by atoms with Crippen LogP contribution in [0, 0.1) is 5.92 Å². The molecular weight excluding hydrogens is 314 g/mol. The zero-order chi connectivity index (χ0) is 16.2. The number of likely N-dealkylation sites (tertiary alicyclic amines) is 1. The molecule has 1 atom stereocenters. The first kappa shape index (κ1) is 15.8. The highest BCUT2D eigenvalue weighted by molar-refractivity contribution is 6.30. The van der Waals surface area contributed by atoms with Crippen molar-refractivity contribution >= 4 is 17.6 Å². The van der Waals surface area contributed by atoms with Crippen LogP contribution in [0.25, 0.3) is 11.4 Å². The van der Waals surface area contributed by atoms with Crippen LogP contribution >= 0.6 is 11.6 Å². The molecule has 0 spiro atoms. The molecule has 2 heterocycles. The predicted molar refractivity (Wildman–Crippen MR) is 90.0 cm³/mol. The topological polar surface area (TPSA) is 80.5 Å². The lowest BCUT2D eigenvalue weighted by Crippen LogP contribution is -2.43. The fraction of sp³-hybridized carbons (Fsp3) is 0.438. The van der Waals surface area contributed by atoms with Gasteiger partial charge < -0.3 is 15.2 Å². The van der Waals surface area contributed by atoms with E-state index in [2.05, 4.69) is 27.0 Å². The normalized spacial score (nSPS) is 19.1. The fourth-order valence-corrected chi connectivity index (χ4v) is 2.90. The molecule has 23 heavy (non-hydrogen) atoms. The number of piperidine rings is 1. The maximum atomic E-state index is 6.06. The van der Waals surface area contributed by atoms with E-state index in [4.69, 9.17) is 21.9 Å². The maximum absolute atomic E-state index is 6.06. The van der Waals surface area contributed by atoms with Crippen LogP contribution in [0.1, 0.15) is 25.7 Å². The summed E-state index contributed by atoms with van der Waals surface area (Å²) in [6.45, 7) is 4.42. The Morgan fingerprint density at radius 3 is 3.17 bits per heavy atom. The molecule has 1 aliphatic rings. The van der Waals surface area contributed by atoms with Gasteiger partial charge in [0.25, 0.3) is 0 Å². The van der Waals surface area contributed by atoms with E-state index in [1.807, 2.05) is 12.1 Å². The number of benzene rings is 1. The van der Waals surface area contributed by atoms with Gasteiger partial charge >= 0.3 is 0 Å². The van der Waals surface area contributed by atoms with E-state index in [-0.39, 0.29) is 6.54 Å². The Bertz CT molecular complexity index is 699. The average molecular weight is 334 g/mol. The highest BCUT2D eigenvalue weighted by Crippen LogP contribution is 2.20. The molecular formula is C16H20ClN5O. The molecule has 0 bridgehead atoms. The van der Waals surface area contributed by atoms with Crippen molar-refractivity contribution in [1.29, 1.82) is 0 Å². The molecule has 3 rings (SSSR count). The third-order valence-corrected chi connectivity index (χ3v) is 4.14. The van der Waals surface area contributed by atoms with E-state index in [1.165, 1.54) is 6.42 Å². The summed E-state index contributed by atoms with van der Waals surface area (Å²) < 4.78 is 5.23. The molecule has 0 aliphatic carbocycles. The standard InChI is InChI=1S/C16H20ClN5O/c1-11-4-3-7-22(10-11)16(18)19-9-14-20-15(21-23-14)12-5-2-6-13(17)8-12/h2,5-6,8,11H,3-4,7,9-10H2,1H3,(H2,18,19). The van der Waals surface area contributed by atoms with Crippen molar-refractivity contribution in [3.8, 4) is 11.4 Å². The minimum Gasteiger partial charge on any atom is -0.370 e. The molecule has 1 fully saturated rings. The second-order valence-electron chi connectivity index (χ2n) is 5.89. The van der Waals surface area contributed by atoms with Gasteiger partial charge in [0.2, 0.25) is 11.7 Å². The number of hydrogen-bond donors (Lipinski definition) is 1. The van der Waals surface area contributed by atoms with E-state index in [0.717, 1.165) is 25.1 Å². The van der Waals surface area contributed by atoms with Crippen LogP contribution in [0.3, 0.4) is 0 Å². The SMILES string of the molecule is CC1CCCN(C(N)=NCc2nc(-c3cccc(Cl)c3)no2)C1. The molecule has 6 nitrogen and oxygen atoms in total. The van der Waals surface area contributed by atoms with E-state index >= 15 is 0 Å². The molecule has 1 unspecified atom stereocenters. The highest BCUT2D eigenvalue weighted by Gasteiger charge is 2.18. The van der Waals surface area contributed by atoms with Gasteiger partial charge in [-0.05, 0) is 30.9 Å².